The van der Waals surface area contributed by atoms with Gasteiger partial charge < -0.3 is 4.55 Å². The first-order chi connectivity index (χ1) is 11.4. The number of nitrogens with zero attached hydrogens (tertiary/aromatic N) is 2. The fourth-order valence-corrected chi connectivity index (χ4v) is 3.27. The molecular weight excluding hydrogens is 384 g/mol. The lowest BCUT2D eigenvalue weighted by molar-refractivity contribution is -0.174. The van der Waals surface area contributed by atoms with E-state index in [1.807, 2.05) is 0 Å². The molecule has 12 heteroatoms. The molecule has 1 aliphatic rings. The molecule has 0 N–H and O–H groups in total. The summed E-state index contributed by atoms with van der Waals surface area (Å²) >= 11 is -3.01. The number of hydrogen-bond acceptors (Lipinski definition) is 3. The lowest BCUT2D eigenvalue weighted by Crippen LogP contribution is -2.38. The maximum atomic E-state index is 13.4. The van der Waals surface area contributed by atoms with Gasteiger partial charge in [0.15, 0.2) is 4.90 Å². The second kappa shape index (κ2) is 6.56. The van der Waals surface area contributed by atoms with Gasteiger partial charge in [-0.3, -0.25) is 0 Å². The van der Waals surface area contributed by atoms with E-state index < -0.39 is 57.3 Å². The lowest BCUT2D eigenvalue weighted by Gasteiger charge is -2.27. The fourth-order valence-electron chi connectivity index (χ4n) is 2.14. The highest BCUT2D eigenvalue weighted by atomic mass is 32.2. The van der Waals surface area contributed by atoms with Crippen LogP contribution in [0, 0.1) is 0 Å². The molecule has 0 amide bonds. The predicted molar refractivity (Wildman–Crippen MR) is 70.5 cm³/mol. The number of halogens is 8. The standard InChI is InChI=1S/C13H8F8N2OS/c14-10(15)8-2-1-7(5-9(8)25(24)6-12(16,17)18)11(13(19,20)21)3-4-22-23-11/h1-5,10H,6H2. The number of rotatable bonds is 4. The summed E-state index contributed by atoms with van der Waals surface area (Å²) in [5, 5.41) is 6.13. The Bertz CT molecular complexity index is 686. The van der Waals surface area contributed by atoms with Gasteiger partial charge in [-0.15, -0.1) is 0 Å². The van der Waals surface area contributed by atoms with E-state index in [-0.39, 0.29) is 0 Å². The summed E-state index contributed by atoms with van der Waals surface area (Å²) in [6.07, 6.45) is -12.0. The summed E-state index contributed by atoms with van der Waals surface area (Å²) in [7, 11) is 0. The predicted octanol–water partition coefficient (Wildman–Crippen LogP) is 5.03. The molecule has 0 saturated carbocycles. The van der Waals surface area contributed by atoms with E-state index in [1.54, 1.807) is 0 Å². The van der Waals surface area contributed by atoms with Crippen molar-refractivity contribution in [1.29, 1.82) is 0 Å². The van der Waals surface area contributed by atoms with Gasteiger partial charge in [0.05, 0.1) is 5.56 Å². The monoisotopic (exact) mass is 392 g/mol. The van der Waals surface area contributed by atoms with Crippen LogP contribution in [0.4, 0.5) is 35.1 Å². The van der Waals surface area contributed by atoms with Crippen LogP contribution in [-0.2, 0) is 16.7 Å². The van der Waals surface area contributed by atoms with Crippen LogP contribution < -0.4 is 0 Å². The van der Waals surface area contributed by atoms with Gasteiger partial charge in [0, 0.05) is 12.3 Å². The van der Waals surface area contributed by atoms with Crippen molar-refractivity contribution in [3.63, 3.8) is 0 Å². The average Bonchev–Trinajstić information content (AvgIpc) is 2.95. The van der Waals surface area contributed by atoms with Crippen molar-refractivity contribution in [2.24, 2.45) is 10.2 Å². The van der Waals surface area contributed by atoms with E-state index in [4.69, 9.17) is 0 Å². The zero-order valence-electron chi connectivity index (χ0n) is 11.9. The average molecular weight is 392 g/mol. The minimum Gasteiger partial charge on any atom is -0.611 e. The highest BCUT2D eigenvalue weighted by Gasteiger charge is 2.57. The molecule has 2 rings (SSSR count). The fraction of sp³-hybridized carbons (Fsp3) is 0.385. The van der Waals surface area contributed by atoms with E-state index in [0.717, 1.165) is 6.20 Å². The van der Waals surface area contributed by atoms with Crippen LogP contribution in [0.25, 0.3) is 0 Å². The van der Waals surface area contributed by atoms with Crippen LogP contribution in [0.1, 0.15) is 17.6 Å². The Balaban J connectivity index is 2.58. The zero-order valence-corrected chi connectivity index (χ0v) is 12.7. The smallest absolute Gasteiger partial charge is 0.433 e. The third-order valence-corrected chi connectivity index (χ3v) is 4.69. The van der Waals surface area contributed by atoms with Crippen molar-refractivity contribution < 1.29 is 39.7 Å². The molecule has 1 heterocycles. The molecule has 0 spiro atoms. The van der Waals surface area contributed by atoms with E-state index in [2.05, 4.69) is 10.2 Å². The van der Waals surface area contributed by atoms with Crippen LogP contribution >= 0.6 is 0 Å². The summed E-state index contributed by atoms with van der Waals surface area (Å²) in [4.78, 5) is -1.02. The Labute approximate surface area is 138 Å². The van der Waals surface area contributed by atoms with Crippen molar-refractivity contribution in [3.05, 3.63) is 41.6 Å². The topological polar surface area (TPSA) is 47.8 Å². The van der Waals surface area contributed by atoms with Crippen molar-refractivity contribution in [2.45, 2.75) is 29.2 Å². The summed E-state index contributed by atoms with van der Waals surface area (Å²) in [6, 6.07) is 1.57. The molecule has 2 atom stereocenters. The second-order valence-electron chi connectivity index (χ2n) is 4.95. The van der Waals surface area contributed by atoms with E-state index >= 15 is 0 Å². The molecule has 2 unspecified atom stereocenters. The van der Waals surface area contributed by atoms with Gasteiger partial charge in [-0.25, -0.2) is 8.78 Å². The quantitative estimate of drug-likeness (QED) is 0.524. The van der Waals surface area contributed by atoms with Gasteiger partial charge in [-0.05, 0) is 28.9 Å². The maximum absolute atomic E-state index is 13.4. The SMILES string of the molecule is [O-][S+](CC(F)(F)F)c1cc(C2(C(F)(F)F)C=CN=N2)ccc1C(F)F. The first-order valence-corrected chi connectivity index (χ1v) is 7.73. The van der Waals surface area contributed by atoms with Crippen LogP contribution in [0.3, 0.4) is 0 Å². The Kier molecular flexibility index (Phi) is 5.15. The molecule has 1 aromatic carbocycles. The van der Waals surface area contributed by atoms with Gasteiger partial charge in [0.2, 0.25) is 11.3 Å². The molecule has 0 radical (unpaired) electrons. The third kappa shape index (κ3) is 3.94. The summed E-state index contributed by atoms with van der Waals surface area (Å²) < 4.78 is 115. The first kappa shape index (κ1) is 19.6. The molecule has 0 aliphatic carbocycles. The Morgan fingerprint density at radius 1 is 1.12 bits per heavy atom. The number of alkyl halides is 8. The minimum atomic E-state index is -5.03. The molecule has 3 nitrogen and oxygen atoms in total. The molecule has 0 bridgehead atoms. The van der Waals surface area contributed by atoms with Gasteiger partial charge in [-0.2, -0.15) is 36.6 Å². The van der Waals surface area contributed by atoms with Gasteiger partial charge >= 0.3 is 12.4 Å². The largest absolute Gasteiger partial charge is 0.611 e. The number of hydrogen-bond donors (Lipinski definition) is 0. The summed E-state index contributed by atoms with van der Waals surface area (Å²) in [6.45, 7) is 0. The number of azo groups is 1. The Hall–Kier alpha value is -1.69. The molecule has 0 saturated heterocycles. The highest BCUT2D eigenvalue weighted by Crippen LogP contribution is 2.47. The Morgan fingerprint density at radius 2 is 1.76 bits per heavy atom. The van der Waals surface area contributed by atoms with E-state index in [9.17, 15) is 39.7 Å². The van der Waals surface area contributed by atoms with Crippen LogP contribution in [-0.4, -0.2) is 22.7 Å². The van der Waals surface area contributed by atoms with Gasteiger partial charge in [0.1, 0.15) is 0 Å². The third-order valence-electron chi connectivity index (χ3n) is 3.26. The Morgan fingerprint density at radius 3 is 2.20 bits per heavy atom. The number of benzene rings is 1. The molecule has 0 fully saturated rings. The van der Waals surface area contributed by atoms with E-state index in [0.29, 0.717) is 24.3 Å². The molecule has 138 valence electrons. The van der Waals surface area contributed by atoms with Gasteiger partial charge in [0.25, 0.3) is 6.43 Å². The molecule has 0 aromatic heterocycles. The van der Waals surface area contributed by atoms with E-state index in [1.165, 1.54) is 0 Å². The molecule has 25 heavy (non-hydrogen) atoms. The highest BCUT2D eigenvalue weighted by molar-refractivity contribution is 7.91. The van der Waals surface area contributed by atoms with Crippen LogP contribution in [0.5, 0.6) is 0 Å². The summed E-state index contributed by atoms with van der Waals surface area (Å²) in [5.74, 6) is -1.97. The van der Waals surface area contributed by atoms with Crippen molar-refractivity contribution in [1.82, 2.24) is 0 Å². The van der Waals surface area contributed by atoms with Crippen molar-refractivity contribution in [2.75, 3.05) is 5.75 Å². The zero-order chi connectivity index (χ0) is 19.0. The van der Waals surface area contributed by atoms with Crippen LogP contribution in [0.15, 0.2) is 45.6 Å². The first-order valence-electron chi connectivity index (χ1n) is 6.41. The van der Waals surface area contributed by atoms with Crippen LogP contribution in [0.2, 0.25) is 0 Å². The molecular formula is C13H8F8N2OS. The molecule has 1 aromatic rings. The second-order valence-corrected chi connectivity index (χ2v) is 6.37. The van der Waals surface area contributed by atoms with Gasteiger partial charge in [-0.1, -0.05) is 6.07 Å². The van der Waals surface area contributed by atoms with Crippen molar-refractivity contribution >= 4 is 11.2 Å². The minimum absolute atomic E-state index is 0.408. The lowest BCUT2D eigenvalue weighted by atomic mass is 9.90. The molecule has 1 aliphatic heterocycles. The van der Waals surface area contributed by atoms with Crippen molar-refractivity contribution in [3.8, 4) is 0 Å². The summed E-state index contributed by atoms with van der Waals surface area (Å²) in [5.41, 5.74) is -4.82. The normalized spacial score (nSPS) is 22.0. The maximum Gasteiger partial charge on any atom is 0.433 e.